The van der Waals surface area contributed by atoms with Crippen molar-refractivity contribution < 1.29 is 19.4 Å². The number of esters is 1. The zero-order chi connectivity index (χ0) is 25.1. The van der Waals surface area contributed by atoms with Crippen molar-refractivity contribution in [3.8, 4) is 23.7 Å². The SMILES string of the molecule is CCCCCCCCCCCCC#CC#CCCCCCCCCC(=O)N[C@@H](CO)C(=O)OC. The Morgan fingerprint density at radius 2 is 1.18 bits per heavy atom. The molecule has 1 atom stereocenters. The number of methoxy groups -OCH3 is 1. The van der Waals surface area contributed by atoms with Gasteiger partial charge in [-0.05, 0) is 31.1 Å². The number of aliphatic hydroxyl groups is 1. The summed E-state index contributed by atoms with van der Waals surface area (Å²) in [6.45, 7) is 1.81. The maximum absolute atomic E-state index is 11.8. The monoisotopic (exact) mass is 475 g/mol. The Labute approximate surface area is 209 Å². The molecule has 0 unspecified atom stereocenters. The zero-order valence-electron chi connectivity index (χ0n) is 21.9. The molecule has 194 valence electrons. The number of carbonyl (C=O) groups is 2. The van der Waals surface area contributed by atoms with Crippen molar-refractivity contribution in [1.29, 1.82) is 0 Å². The van der Waals surface area contributed by atoms with E-state index in [1.54, 1.807) is 0 Å². The molecule has 0 aliphatic carbocycles. The molecule has 0 aromatic heterocycles. The van der Waals surface area contributed by atoms with Crippen LogP contribution in [-0.4, -0.2) is 36.7 Å². The number of unbranched alkanes of at least 4 members (excludes halogenated alkanes) is 16. The van der Waals surface area contributed by atoms with E-state index >= 15 is 0 Å². The van der Waals surface area contributed by atoms with Crippen molar-refractivity contribution in [3.63, 3.8) is 0 Å². The average Bonchev–Trinajstić information content (AvgIpc) is 2.85. The summed E-state index contributed by atoms with van der Waals surface area (Å²) >= 11 is 0. The lowest BCUT2D eigenvalue weighted by Crippen LogP contribution is -2.43. The van der Waals surface area contributed by atoms with Crippen LogP contribution in [0.5, 0.6) is 0 Å². The van der Waals surface area contributed by atoms with Crippen LogP contribution in [0.4, 0.5) is 0 Å². The molecule has 0 aromatic rings. The first-order valence-corrected chi connectivity index (χ1v) is 13.6. The van der Waals surface area contributed by atoms with Crippen LogP contribution in [0, 0.1) is 23.7 Å². The largest absolute Gasteiger partial charge is 0.467 e. The van der Waals surface area contributed by atoms with Crippen molar-refractivity contribution >= 4 is 11.9 Å². The normalized spacial score (nSPS) is 11.0. The molecule has 0 radical (unpaired) electrons. The predicted molar refractivity (Wildman–Crippen MR) is 140 cm³/mol. The highest BCUT2D eigenvalue weighted by atomic mass is 16.5. The molecule has 0 rings (SSSR count). The minimum absolute atomic E-state index is 0.228. The van der Waals surface area contributed by atoms with E-state index in [0.29, 0.717) is 6.42 Å². The molecule has 1 amide bonds. The second-order valence-electron chi connectivity index (χ2n) is 8.98. The van der Waals surface area contributed by atoms with Crippen molar-refractivity contribution in [3.05, 3.63) is 0 Å². The highest BCUT2D eigenvalue weighted by Crippen LogP contribution is 2.11. The summed E-state index contributed by atoms with van der Waals surface area (Å²) in [4.78, 5) is 23.1. The van der Waals surface area contributed by atoms with Crippen LogP contribution >= 0.6 is 0 Å². The van der Waals surface area contributed by atoms with Crippen LogP contribution in [0.15, 0.2) is 0 Å². The molecule has 0 spiro atoms. The maximum Gasteiger partial charge on any atom is 0.330 e. The minimum atomic E-state index is -0.969. The van der Waals surface area contributed by atoms with Crippen molar-refractivity contribution in [1.82, 2.24) is 5.32 Å². The van der Waals surface area contributed by atoms with E-state index in [1.165, 1.54) is 71.3 Å². The number of aliphatic hydroxyl groups excluding tert-OH is 1. The molecule has 0 heterocycles. The van der Waals surface area contributed by atoms with E-state index in [9.17, 15) is 9.59 Å². The number of ether oxygens (including phenoxy) is 1. The second-order valence-corrected chi connectivity index (χ2v) is 8.98. The third-order valence-corrected chi connectivity index (χ3v) is 5.85. The Balaban J connectivity index is 3.45. The molecular weight excluding hydrogens is 426 g/mol. The molecule has 5 nitrogen and oxygen atoms in total. The fourth-order valence-corrected chi connectivity index (χ4v) is 3.71. The van der Waals surface area contributed by atoms with Gasteiger partial charge in [-0.3, -0.25) is 4.79 Å². The number of rotatable bonds is 21. The second kappa shape index (κ2) is 25.6. The topological polar surface area (TPSA) is 75.6 Å². The highest BCUT2D eigenvalue weighted by molar-refractivity contribution is 5.84. The van der Waals surface area contributed by atoms with Gasteiger partial charge < -0.3 is 15.2 Å². The molecular formula is C29H49NO4. The fraction of sp³-hybridized carbons (Fsp3) is 0.793. The molecule has 0 fully saturated rings. The smallest absolute Gasteiger partial charge is 0.330 e. The van der Waals surface area contributed by atoms with Gasteiger partial charge in [0.1, 0.15) is 0 Å². The fourth-order valence-electron chi connectivity index (χ4n) is 3.71. The summed E-state index contributed by atoms with van der Waals surface area (Å²) in [6, 6.07) is -0.969. The first-order valence-electron chi connectivity index (χ1n) is 13.6. The van der Waals surface area contributed by atoms with Crippen molar-refractivity contribution in [2.75, 3.05) is 13.7 Å². The number of hydrogen-bond acceptors (Lipinski definition) is 4. The van der Waals surface area contributed by atoms with Gasteiger partial charge in [0.25, 0.3) is 0 Å². The van der Waals surface area contributed by atoms with Gasteiger partial charge in [0.2, 0.25) is 5.91 Å². The molecule has 0 aliphatic heterocycles. The molecule has 0 aromatic carbocycles. The van der Waals surface area contributed by atoms with Gasteiger partial charge in [0, 0.05) is 19.3 Å². The summed E-state index contributed by atoms with van der Waals surface area (Å²) in [5.41, 5.74) is 0. The Bertz CT molecular complexity index is 624. The number of nitrogens with one attached hydrogen (secondary N) is 1. The van der Waals surface area contributed by atoms with E-state index in [1.807, 2.05) is 0 Å². The number of carbonyl (C=O) groups excluding carboxylic acids is 2. The average molecular weight is 476 g/mol. The Morgan fingerprint density at radius 3 is 1.62 bits per heavy atom. The van der Waals surface area contributed by atoms with Gasteiger partial charge in [-0.15, -0.1) is 0 Å². The lowest BCUT2D eigenvalue weighted by atomic mass is 10.1. The van der Waals surface area contributed by atoms with E-state index in [2.05, 4.69) is 40.7 Å². The number of amides is 1. The molecule has 2 N–H and O–H groups in total. The Kier molecular flexibility index (Phi) is 24.1. The molecule has 5 heteroatoms. The van der Waals surface area contributed by atoms with Crippen LogP contribution in [0.3, 0.4) is 0 Å². The summed E-state index contributed by atoms with van der Waals surface area (Å²) in [6.07, 6.45) is 21.9. The lowest BCUT2D eigenvalue weighted by molar-refractivity contribution is -0.146. The van der Waals surface area contributed by atoms with Gasteiger partial charge >= 0.3 is 5.97 Å². The highest BCUT2D eigenvalue weighted by Gasteiger charge is 2.19. The van der Waals surface area contributed by atoms with Gasteiger partial charge in [-0.1, -0.05) is 102 Å². The standard InChI is InChI=1S/C29H49NO4/c1-3-4-5-6-7-8-9-10-11-12-13-14-15-16-17-18-19-20-21-22-23-24-25-28(32)30-27(26-31)29(33)34-2/h27,31H,3-13,18-26H2,1-2H3,(H,30,32)/t27-/m0/s1. The van der Waals surface area contributed by atoms with Crippen LogP contribution in [0.25, 0.3) is 0 Å². The maximum atomic E-state index is 11.8. The van der Waals surface area contributed by atoms with E-state index in [-0.39, 0.29) is 5.91 Å². The zero-order valence-corrected chi connectivity index (χ0v) is 21.9. The lowest BCUT2D eigenvalue weighted by Gasteiger charge is -2.13. The van der Waals surface area contributed by atoms with Crippen molar-refractivity contribution in [2.24, 2.45) is 0 Å². The van der Waals surface area contributed by atoms with Crippen LogP contribution in [0.1, 0.15) is 129 Å². The summed E-state index contributed by atoms with van der Waals surface area (Å²) < 4.78 is 4.53. The Morgan fingerprint density at radius 1 is 0.735 bits per heavy atom. The Hall–Kier alpha value is -1.98. The minimum Gasteiger partial charge on any atom is -0.467 e. The molecule has 34 heavy (non-hydrogen) atoms. The summed E-state index contributed by atoms with van der Waals surface area (Å²) in [7, 11) is 1.23. The van der Waals surface area contributed by atoms with E-state index < -0.39 is 18.6 Å². The van der Waals surface area contributed by atoms with Gasteiger partial charge in [0.05, 0.1) is 13.7 Å². The van der Waals surface area contributed by atoms with E-state index in [4.69, 9.17) is 5.11 Å². The van der Waals surface area contributed by atoms with Crippen LogP contribution in [0.2, 0.25) is 0 Å². The third-order valence-electron chi connectivity index (χ3n) is 5.85. The first kappa shape index (κ1) is 32.0. The van der Waals surface area contributed by atoms with Crippen LogP contribution in [-0.2, 0) is 14.3 Å². The molecule has 0 bridgehead atoms. The predicted octanol–water partition coefficient (Wildman–Crippen LogP) is 6.08. The van der Waals surface area contributed by atoms with E-state index in [0.717, 1.165) is 51.4 Å². The van der Waals surface area contributed by atoms with Gasteiger partial charge in [0.15, 0.2) is 6.04 Å². The van der Waals surface area contributed by atoms with Crippen LogP contribution < -0.4 is 5.32 Å². The summed E-state index contributed by atoms with van der Waals surface area (Å²) in [5, 5.41) is 11.6. The van der Waals surface area contributed by atoms with Gasteiger partial charge in [-0.2, -0.15) is 0 Å². The number of hydrogen-bond donors (Lipinski definition) is 2. The molecule has 0 saturated carbocycles. The third kappa shape index (κ3) is 21.8. The van der Waals surface area contributed by atoms with Crippen molar-refractivity contribution in [2.45, 2.75) is 135 Å². The quantitative estimate of drug-likeness (QED) is 0.120. The molecule has 0 saturated heterocycles. The van der Waals surface area contributed by atoms with Gasteiger partial charge in [-0.25, -0.2) is 4.79 Å². The molecule has 0 aliphatic rings. The summed E-state index contributed by atoms with van der Waals surface area (Å²) in [5.74, 6) is 11.4. The first-order chi connectivity index (χ1) is 16.7.